The minimum Gasteiger partial charge on any atom is -0.496 e. The van der Waals surface area contributed by atoms with E-state index >= 15 is 0 Å². The van der Waals surface area contributed by atoms with Gasteiger partial charge in [0.1, 0.15) is 11.6 Å². The van der Waals surface area contributed by atoms with Gasteiger partial charge in [0.2, 0.25) is 0 Å². The molecular weight excluding hydrogens is 267 g/mol. The summed E-state index contributed by atoms with van der Waals surface area (Å²) in [6.45, 7) is 4.22. The van der Waals surface area contributed by atoms with Crippen LogP contribution in [0.2, 0.25) is 0 Å². The first-order valence-corrected chi connectivity index (χ1v) is 6.62. The lowest BCUT2D eigenvalue weighted by Gasteiger charge is -2.12. The lowest BCUT2D eigenvalue weighted by Crippen LogP contribution is -2.03. The summed E-state index contributed by atoms with van der Waals surface area (Å²) in [6, 6.07) is 10.8. The van der Waals surface area contributed by atoms with Crippen LogP contribution >= 0.6 is 0 Å². The summed E-state index contributed by atoms with van der Waals surface area (Å²) < 4.78 is 18.9. The molecule has 0 aliphatic rings. The standard InChI is InChI=1S/C17H17FN2O/c1-11-6-13(4-5-17(11)21-3)10-20-16-8-14(9-19)7-15(18)12(16)2/h4-8,20H,10H2,1-3H3. The van der Waals surface area contributed by atoms with E-state index in [4.69, 9.17) is 10.00 Å². The molecule has 2 aromatic carbocycles. The van der Waals surface area contributed by atoms with Crippen molar-refractivity contribution < 1.29 is 9.13 Å². The van der Waals surface area contributed by atoms with Crippen molar-refractivity contribution in [2.45, 2.75) is 20.4 Å². The minimum atomic E-state index is -0.373. The summed E-state index contributed by atoms with van der Waals surface area (Å²) in [4.78, 5) is 0. The van der Waals surface area contributed by atoms with Gasteiger partial charge in [0.05, 0.1) is 18.7 Å². The fourth-order valence-corrected chi connectivity index (χ4v) is 2.17. The van der Waals surface area contributed by atoms with E-state index in [0.717, 1.165) is 16.9 Å². The zero-order chi connectivity index (χ0) is 15.4. The van der Waals surface area contributed by atoms with E-state index in [1.807, 2.05) is 31.2 Å². The molecule has 0 spiro atoms. The number of aryl methyl sites for hydroxylation is 1. The highest BCUT2D eigenvalue weighted by molar-refractivity contribution is 5.56. The zero-order valence-electron chi connectivity index (χ0n) is 12.3. The number of ether oxygens (including phenoxy) is 1. The van der Waals surface area contributed by atoms with E-state index in [1.54, 1.807) is 20.1 Å². The molecule has 1 N–H and O–H groups in total. The molecule has 0 bridgehead atoms. The highest BCUT2D eigenvalue weighted by atomic mass is 19.1. The molecule has 2 aromatic rings. The summed E-state index contributed by atoms with van der Waals surface area (Å²) in [5.41, 5.74) is 3.58. The Balaban J connectivity index is 2.18. The Bertz CT molecular complexity index is 705. The summed E-state index contributed by atoms with van der Waals surface area (Å²) >= 11 is 0. The van der Waals surface area contributed by atoms with Crippen LogP contribution in [0, 0.1) is 31.0 Å². The quantitative estimate of drug-likeness (QED) is 0.925. The number of hydrogen-bond acceptors (Lipinski definition) is 3. The number of hydrogen-bond donors (Lipinski definition) is 1. The first-order chi connectivity index (χ1) is 10.0. The Kier molecular flexibility index (Phi) is 4.44. The van der Waals surface area contributed by atoms with Crippen molar-refractivity contribution in [2.24, 2.45) is 0 Å². The second kappa shape index (κ2) is 6.27. The van der Waals surface area contributed by atoms with Gasteiger partial charge < -0.3 is 10.1 Å². The molecule has 0 aliphatic carbocycles. The first-order valence-electron chi connectivity index (χ1n) is 6.62. The third-order valence-electron chi connectivity index (χ3n) is 3.42. The molecule has 0 saturated carbocycles. The van der Waals surface area contributed by atoms with Crippen molar-refractivity contribution in [1.82, 2.24) is 0 Å². The molecule has 0 unspecified atom stereocenters. The van der Waals surface area contributed by atoms with Crippen molar-refractivity contribution in [1.29, 1.82) is 5.26 Å². The highest BCUT2D eigenvalue weighted by Gasteiger charge is 2.07. The number of benzene rings is 2. The first kappa shape index (κ1) is 14.9. The number of nitrogens with one attached hydrogen (secondary N) is 1. The van der Waals surface area contributed by atoms with Crippen molar-refractivity contribution in [3.8, 4) is 11.8 Å². The number of methoxy groups -OCH3 is 1. The smallest absolute Gasteiger partial charge is 0.129 e. The predicted octanol–water partition coefficient (Wildman–Crippen LogP) is 3.93. The maximum atomic E-state index is 13.7. The van der Waals surface area contributed by atoms with Gasteiger partial charge in [-0.1, -0.05) is 12.1 Å². The van der Waals surface area contributed by atoms with E-state index in [1.165, 1.54) is 6.07 Å². The zero-order valence-corrected chi connectivity index (χ0v) is 12.3. The largest absolute Gasteiger partial charge is 0.496 e. The molecule has 108 valence electrons. The van der Waals surface area contributed by atoms with Gasteiger partial charge in [-0.15, -0.1) is 0 Å². The predicted molar refractivity (Wildman–Crippen MR) is 80.9 cm³/mol. The third kappa shape index (κ3) is 3.32. The van der Waals surface area contributed by atoms with Crippen LogP contribution in [-0.4, -0.2) is 7.11 Å². The van der Waals surface area contributed by atoms with E-state index in [9.17, 15) is 4.39 Å². The van der Waals surface area contributed by atoms with E-state index in [2.05, 4.69) is 5.32 Å². The summed E-state index contributed by atoms with van der Waals surface area (Å²) in [5, 5.41) is 12.1. The Morgan fingerprint density at radius 2 is 2.00 bits per heavy atom. The SMILES string of the molecule is COc1ccc(CNc2cc(C#N)cc(F)c2C)cc1C. The Labute approximate surface area is 124 Å². The Morgan fingerprint density at radius 1 is 1.24 bits per heavy atom. The van der Waals surface area contributed by atoms with Crippen molar-refractivity contribution in [3.05, 3.63) is 58.4 Å². The molecule has 4 heteroatoms. The van der Waals surface area contributed by atoms with E-state index in [0.29, 0.717) is 23.4 Å². The molecule has 0 aliphatic heterocycles. The molecule has 2 rings (SSSR count). The van der Waals surface area contributed by atoms with E-state index < -0.39 is 0 Å². The average molecular weight is 284 g/mol. The van der Waals surface area contributed by atoms with Crippen molar-refractivity contribution >= 4 is 5.69 Å². The monoisotopic (exact) mass is 284 g/mol. The Morgan fingerprint density at radius 3 is 2.62 bits per heavy atom. The van der Waals surface area contributed by atoms with E-state index in [-0.39, 0.29) is 5.82 Å². The van der Waals surface area contributed by atoms with Gasteiger partial charge in [-0.05, 0) is 43.2 Å². The number of anilines is 1. The number of nitrogens with zero attached hydrogens (tertiary/aromatic N) is 1. The molecular formula is C17H17FN2O. The van der Waals surface area contributed by atoms with Crippen LogP contribution in [0.4, 0.5) is 10.1 Å². The molecule has 0 amide bonds. The van der Waals surface area contributed by atoms with Gasteiger partial charge in [-0.25, -0.2) is 4.39 Å². The average Bonchev–Trinajstić information content (AvgIpc) is 2.48. The molecule has 0 radical (unpaired) electrons. The molecule has 3 nitrogen and oxygen atoms in total. The normalized spacial score (nSPS) is 10.0. The van der Waals surface area contributed by atoms with Crippen LogP contribution in [-0.2, 0) is 6.54 Å². The summed E-state index contributed by atoms with van der Waals surface area (Å²) in [6.07, 6.45) is 0. The van der Waals surface area contributed by atoms with Crippen LogP contribution in [0.15, 0.2) is 30.3 Å². The molecule has 0 aromatic heterocycles. The van der Waals surface area contributed by atoms with Crippen molar-refractivity contribution in [2.75, 3.05) is 12.4 Å². The fraction of sp³-hybridized carbons (Fsp3) is 0.235. The summed E-state index contributed by atoms with van der Waals surface area (Å²) in [7, 11) is 1.64. The summed E-state index contributed by atoms with van der Waals surface area (Å²) in [5.74, 6) is 0.468. The maximum Gasteiger partial charge on any atom is 0.129 e. The number of nitriles is 1. The van der Waals surface area contributed by atoms with Gasteiger partial charge in [-0.3, -0.25) is 0 Å². The number of rotatable bonds is 4. The molecule has 0 heterocycles. The lowest BCUT2D eigenvalue weighted by molar-refractivity contribution is 0.411. The minimum absolute atomic E-state index is 0.312. The molecule has 0 saturated heterocycles. The second-order valence-electron chi connectivity index (χ2n) is 4.90. The van der Waals surface area contributed by atoms with Crippen LogP contribution in [0.3, 0.4) is 0 Å². The van der Waals surface area contributed by atoms with Gasteiger partial charge in [-0.2, -0.15) is 5.26 Å². The Hall–Kier alpha value is -2.54. The van der Waals surface area contributed by atoms with Gasteiger partial charge in [0, 0.05) is 17.8 Å². The van der Waals surface area contributed by atoms with Crippen LogP contribution < -0.4 is 10.1 Å². The second-order valence-corrected chi connectivity index (χ2v) is 4.90. The topological polar surface area (TPSA) is 45.0 Å². The van der Waals surface area contributed by atoms with Gasteiger partial charge in [0.25, 0.3) is 0 Å². The number of halogens is 1. The molecule has 21 heavy (non-hydrogen) atoms. The molecule has 0 atom stereocenters. The maximum absolute atomic E-state index is 13.7. The molecule has 0 fully saturated rings. The van der Waals surface area contributed by atoms with Crippen molar-refractivity contribution in [3.63, 3.8) is 0 Å². The van der Waals surface area contributed by atoms with Gasteiger partial charge >= 0.3 is 0 Å². The van der Waals surface area contributed by atoms with Gasteiger partial charge in [0.15, 0.2) is 0 Å². The highest BCUT2D eigenvalue weighted by Crippen LogP contribution is 2.23. The lowest BCUT2D eigenvalue weighted by atomic mass is 10.1. The third-order valence-corrected chi connectivity index (χ3v) is 3.42. The van der Waals surface area contributed by atoms with Crippen LogP contribution in [0.25, 0.3) is 0 Å². The van der Waals surface area contributed by atoms with Crippen LogP contribution in [0.5, 0.6) is 5.75 Å². The van der Waals surface area contributed by atoms with Crippen LogP contribution in [0.1, 0.15) is 22.3 Å². The fourth-order valence-electron chi connectivity index (χ4n) is 2.17.